The van der Waals surface area contributed by atoms with Crippen LogP contribution in [-0.4, -0.2) is 18.1 Å². The highest BCUT2D eigenvalue weighted by molar-refractivity contribution is 5.15. The van der Waals surface area contributed by atoms with Crippen LogP contribution in [0.3, 0.4) is 0 Å². The van der Waals surface area contributed by atoms with Crippen molar-refractivity contribution < 1.29 is 0 Å². The average Bonchev–Trinajstić information content (AvgIpc) is 2.63. The topological polar surface area (TPSA) is 15.3 Å². The molecular weight excluding hydrogens is 172 g/mol. The second-order valence-electron chi connectivity index (χ2n) is 3.65. The van der Waals surface area contributed by atoms with Crippen molar-refractivity contribution in [1.29, 1.82) is 0 Å². The van der Waals surface area contributed by atoms with Gasteiger partial charge < -0.3 is 10.2 Å². The molecule has 0 unspecified atom stereocenters. The molecular formula is C12H16N2. The molecule has 1 aromatic rings. The number of hydrogen-bond donors (Lipinski definition) is 1. The Hall–Kier alpha value is -1.44. The maximum Gasteiger partial charge on any atom is 0.0869 e. The molecule has 0 spiro atoms. The van der Waals surface area contributed by atoms with E-state index in [0.29, 0.717) is 0 Å². The summed E-state index contributed by atoms with van der Waals surface area (Å²) in [4.78, 5) is 2.35. The quantitative estimate of drug-likeness (QED) is 0.780. The van der Waals surface area contributed by atoms with Gasteiger partial charge in [0.2, 0.25) is 0 Å². The minimum absolute atomic E-state index is 0.957. The van der Waals surface area contributed by atoms with Gasteiger partial charge in [0.05, 0.1) is 6.67 Å². The summed E-state index contributed by atoms with van der Waals surface area (Å²) in [6, 6.07) is 10.6. The Morgan fingerprint density at radius 3 is 2.71 bits per heavy atom. The first-order valence-electron chi connectivity index (χ1n) is 5.05. The van der Waals surface area contributed by atoms with Crippen LogP contribution in [0.5, 0.6) is 0 Å². The van der Waals surface area contributed by atoms with Crippen molar-refractivity contribution >= 4 is 0 Å². The predicted octanol–water partition coefficient (Wildman–Crippen LogP) is 1.95. The summed E-state index contributed by atoms with van der Waals surface area (Å²) in [7, 11) is 0. The van der Waals surface area contributed by atoms with Gasteiger partial charge in [-0.05, 0) is 18.9 Å². The first-order valence-corrected chi connectivity index (χ1v) is 5.05. The van der Waals surface area contributed by atoms with E-state index in [1.165, 1.54) is 11.3 Å². The Balaban J connectivity index is 1.86. The molecule has 2 rings (SSSR count). The van der Waals surface area contributed by atoms with E-state index in [9.17, 15) is 0 Å². The maximum absolute atomic E-state index is 3.22. The Kier molecular flexibility index (Phi) is 2.73. The summed E-state index contributed by atoms with van der Waals surface area (Å²) in [5, 5.41) is 3.22. The Bertz CT molecular complexity index is 316. The summed E-state index contributed by atoms with van der Waals surface area (Å²) >= 11 is 0. The zero-order chi connectivity index (χ0) is 9.80. The van der Waals surface area contributed by atoms with Crippen LogP contribution in [0.4, 0.5) is 0 Å². The summed E-state index contributed by atoms with van der Waals surface area (Å²) in [5.74, 6) is 0. The van der Waals surface area contributed by atoms with Gasteiger partial charge in [-0.25, -0.2) is 0 Å². The number of benzene rings is 1. The fraction of sp³-hybridized carbons (Fsp3) is 0.333. The lowest BCUT2D eigenvalue weighted by Gasteiger charge is -2.18. The highest BCUT2D eigenvalue weighted by Gasteiger charge is 2.09. The predicted molar refractivity (Wildman–Crippen MR) is 58.6 cm³/mol. The monoisotopic (exact) mass is 188 g/mol. The summed E-state index contributed by atoms with van der Waals surface area (Å²) in [5.41, 5.74) is 2.74. The Morgan fingerprint density at radius 1 is 1.29 bits per heavy atom. The smallest absolute Gasteiger partial charge is 0.0869 e. The SMILES string of the molecule is CC1=CNCN1CCc1ccccc1. The van der Waals surface area contributed by atoms with Gasteiger partial charge in [0.1, 0.15) is 0 Å². The van der Waals surface area contributed by atoms with E-state index in [0.717, 1.165) is 19.6 Å². The fourth-order valence-electron chi connectivity index (χ4n) is 1.68. The molecule has 2 nitrogen and oxygen atoms in total. The third-order valence-corrected chi connectivity index (χ3v) is 2.61. The summed E-state index contributed by atoms with van der Waals surface area (Å²) in [6.07, 6.45) is 3.19. The average molecular weight is 188 g/mol. The molecule has 1 aliphatic rings. The molecule has 0 radical (unpaired) electrons. The molecule has 1 aliphatic heterocycles. The maximum atomic E-state index is 3.22. The molecule has 1 aromatic carbocycles. The van der Waals surface area contributed by atoms with Crippen molar-refractivity contribution in [1.82, 2.24) is 10.2 Å². The van der Waals surface area contributed by atoms with Crippen LogP contribution in [0.1, 0.15) is 12.5 Å². The summed E-state index contributed by atoms with van der Waals surface area (Å²) in [6.45, 7) is 4.20. The number of hydrogen-bond acceptors (Lipinski definition) is 2. The number of allylic oxidation sites excluding steroid dienone is 1. The van der Waals surface area contributed by atoms with Crippen molar-refractivity contribution in [2.24, 2.45) is 0 Å². The first kappa shape index (κ1) is 9.13. The van der Waals surface area contributed by atoms with Gasteiger partial charge in [-0.3, -0.25) is 0 Å². The first-order chi connectivity index (χ1) is 6.86. The minimum atomic E-state index is 0.957. The van der Waals surface area contributed by atoms with E-state index in [2.05, 4.69) is 53.7 Å². The van der Waals surface area contributed by atoms with Crippen LogP contribution in [0.15, 0.2) is 42.2 Å². The van der Waals surface area contributed by atoms with Crippen LogP contribution in [0.2, 0.25) is 0 Å². The van der Waals surface area contributed by atoms with E-state index in [-0.39, 0.29) is 0 Å². The van der Waals surface area contributed by atoms with Gasteiger partial charge in [-0.15, -0.1) is 0 Å². The Morgan fingerprint density at radius 2 is 2.07 bits per heavy atom. The zero-order valence-electron chi connectivity index (χ0n) is 8.53. The number of rotatable bonds is 3. The molecule has 1 heterocycles. The lowest BCUT2D eigenvalue weighted by atomic mass is 10.1. The van der Waals surface area contributed by atoms with Crippen molar-refractivity contribution in [2.45, 2.75) is 13.3 Å². The molecule has 0 aliphatic carbocycles. The standard InChI is InChI=1S/C12H16N2/c1-11-9-13-10-14(11)8-7-12-5-3-2-4-6-12/h2-6,9,13H,7-8,10H2,1H3. The van der Waals surface area contributed by atoms with E-state index in [4.69, 9.17) is 0 Å². The molecule has 0 atom stereocenters. The van der Waals surface area contributed by atoms with Crippen molar-refractivity contribution in [3.8, 4) is 0 Å². The molecule has 0 saturated carbocycles. The lowest BCUT2D eigenvalue weighted by molar-refractivity contribution is 0.368. The van der Waals surface area contributed by atoms with E-state index < -0.39 is 0 Å². The van der Waals surface area contributed by atoms with Gasteiger partial charge in [0.25, 0.3) is 0 Å². The molecule has 0 bridgehead atoms. The number of nitrogens with zero attached hydrogens (tertiary/aromatic N) is 1. The molecule has 74 valence electrons. The summed E-state index contributed by atoms with van der Waals surface area (Å²) < 4.78 is 0. The van der Waals surface area contributed by atoms with Crippen LogP contribution in [-0.2, 0) is 6.42 Å². The second-order valence-corrected chi connectivity index (χ2v) is 3.65. The molecule has 1 N–H and O–H groups in total. The van der Waals surface area contributed by atoms with Crippen molar-refractivity contribution in [2.75, 3.05) is 13.2 Å². The van der Waals surface area contributed by atoms with Gasteiger partial charge in [0, 0.05) is 18.4 Å². The van der Waals surface area contributed by atoms with E-state index in [1.807, 2.05) is 0 Å². The molecule has 0 saturated heterocycles. The van der Waals surface area contributed by atoms with Gasteiger partial charge in [-0.1, -0.05) is 30.3 Å². The highest BCUT2D eigenvalue weighted by Crippen LogP contribution is 2.08. The molecule has 14 heavy (non-hydrogen) atoms. The van der Waals surface area contributed by atoms with Crippen molar-refractivity contribution in [3.63, 3.8) is 0 Å². The van der Waals surface area contributed by atoms with E-state index in [1.54, 1.807) is 0 Å². The van der Waals surface area contributed by atoms with Crippen LogP contribution in [0.25, 0.3) is 0 Å². The molecule has 2 heteroatoms. The van der Waals surface area contributed by atoms with Gasteiger partial charge >= 0.3 is 0 Å². The molecule has 0 aromatic heterocycles. The number of nitrogens with one attached hydrogen (secondary N) is 1. The van der Waals surface area contributed by atoms with Gasteiger partial charge in [0.15, 0.2) is 0 Å². The highest BCUT2D eigenvalue weighted by atomic mass is 15.3. The van der Waals surface area contributed by atoms with Gasteiger partial charge in [-0.2, -0.15) is 0 Å². The largest absolute Gasteiger partial charge is 0.372 e. The lowest BCUT2D eigenvalue weighted by Crippen LogP contribution is -2.25. The van der Waals surface area contributed by atoms with E-state index >= 15 is 0 Å². The third kappa shape index (κ3) is 2.08. The van der Waals surface area contributed by atoms with Crippen molar-refractivity contribution in [3.05, 3.63) is 47.8 Å². The zero-order valence-corrected chi connectivity index (χ0v) is 8.53. The fourth-order valence-corrected chi connectivity index (χ4v) is 1.68. The van der Waals surface area contributed by atoms with Crippen LogP contribution >= 0.6 is 0 Å². The normalized spacial score (nSPS) is 15.2. The molecule has 0 fully saturated rings. The minimum Gasteiger partial charge on any atom is -0.372 e. The van der Waals surface area contributed by atoms with Crippen LogP contribution in [0, 0.1) is 0 Å². The molecule has 0 amide bonds. The van der Waals surface area contributed by atoms with Crippen LogP contribution < -0.4 is 5.32 Å². The second kappa shape index (κ2) is 4.18. The third-order valence-electron chi connectivity index (χ3n) is 2.61. The Labute approximate surface area is 85.2 Å².